The van der Waals surface area contributed by atoms with Crippen molar-refractivity contribution in [2.24, 2.45) is 0 Å². The Morgan fingerprint density at radius 1 is 1.20 bits per heavy atom. The number of benzene rings is 1. The molecule has 1 unspecified atom stereocenters. The Kier molecular flexibility index (Phi) is 7.25. The van der Waals surface area contributed by atoms with Crippen LogP contribution in [-0.2, 0) is 16.1 Å². The molecule has 4 rings (SSSR count). The van der Waals surface area contributed by atoms with Gasteiger partial charge in [0.1, 0.15) is 24.9 Å². The molecule has 0 aliphatic carbocycles. The quantitative estimate of drug-likeness (QED) is 0.692. The lowest BCUT2D eigenvalue weighted by molar-refractivity contribution is -0.908. The zero-order valence-electron chi connectivity index (χ0n) is 17.7. The van der Waals surface area contributed by atoms with E-state index in [0.717, 1.165) is 64.5 Å². The summed E-state index contributed by atoms with van der Waals surface area (Å²) >= 11 is 1.77. The van der Waals surface area contributed by atoms with Crippen molar-refractivity contribution in [3.63, 3.8) is 0 Å². The maximum absolute atomic E-state index is 13.1. The van der Waals surface area contributed by atoms with Crippen molar-refractivity contribution in [3.8, 4) is 5.75 Å². The minimum absolute atomic E-state index is 0.258. The number of amides is 1. The summed E-state index contributed by atoms with van der Waals surface area (Å²) < 4.78 is 11.1. The Hall–Kier alpha value is -2.09. The summed E-state index contributed by atoms with van der Waals surface area (Å²) in [5.41, 5.74) is 1.19. The minimum Gasteiger partial charge on any atom is -0.497 e. The zero-order valence-corrected chi connectivity index (χ0v) is 18.5. The lowest BCUT2D eigenvalue weighted by Gasteiger charge is -2.36. The monoisotopic (exact) mass is 430 g/mol. The van der Waals surface area contributed by atoms with E-state index in [1.165, 1.54) is 15.5 Å². The molecule has 2 aliphatic rings. The third-order valence-electron chi connectivity index (χ3n) is 6.02. The molecule has 0 radical (unpaired) electrons. The third-order valence-corrected chi connectivity index (χ3v) is 6.89. The van der Waals surface area contributed by atoms with Crippen LogP contribution in [0.2, 0.25) is 0 Å². The van der Waals surface area contributed by atoms with Crippen molar-refractivity contribution >= 4 is 22.9 Å². The first-order valence-corrected chi connectivity index (χ1v) is 11.7. The van der Waals surface area contributed by atoms with Gasteiger partial charge in [0, 0.05) is 38.5 Å². The zero-order chi connectivity index (χ0) is 20.8. The molecule has 2 saturated heterocycles. The van der Waals surface area contributed by atoms with Crippen LogP contribution in [0, 0.1) is 0 Å². The predicted octanol–water partition coefficient (Wildman–Crippen LogP) is 1.67. The second kappa shape index (κ2) is 10.3. The number of carbonyl (C=O) groups excluding carboxylic acids is 1. The molecule has 6 nitrogen and oxygen atoms in total. The van der Waals surface area contributed by atoms with Crippen molar-refractivity contribution in [1.82, 2.24) is 4.90 Å². The number of carbonyl (C=O) groups is 1. The maximum Gasteiger partial charge on any atom is 0.277 e. The lowest BCUT2D eigenvalue weighted by Crippen LogP contribution is -3.13. The number of quaternary nitrogens is 1. The van der Waals surface area contributed by atoms with Gasteiger partial charge in [0.15, 0.2) is 6.54 Å². The lowest BCUT2D eigenvalue weighted by atomic mass is 10.2. The highest BCUT2D eigenvalue weighted by Crippen LogP contribution is 2.20. The highest BCUT2D eigenvalue weighted by atomic mass is 32.1. The predicted molar refractivity (Wildman–Crippen MR) is 119 cm³/mol. The van der Waals surface area contributed by atoms with Gasteiger partial charge in [0.2, 0.25) is 0 Å². The molecule has 0 saturated carbocycles. The van der Waals surface area contributed by atoms with Crippen molar-refractivity contribution in [3.05, 3.63) is 46.7 Å². The fourth-order valence-electron chi connectivity index (χ4n) is 4.33. The number of ether oxygens (including phenoxy) is 2. The fourth-order valence-corrected chi connectivity index (χ4v) is 5.10. The van der Waals surface area contributed by atoms with Crippen LogP contribution in [0.15, 0.2) is 41.8 Å². The summed E-state index contributed by atoms with van der Waals surface area (Å²) in [5, 5.41) is 2.11. The number of nitrogens with one attached hydrogen (secondary N) is 1. The normalized spacial score (nSPS) is 20.4. The molecule has 1 amide bonds. The van der Waals surface area contributed by atoms with Crippen LogP contribution in [0.5, 0.6) is 5.75 Å². The second-order valence-electron chi connectivity index (χ2n) is 8.09. The van der Waals surface area contributed by atoms with Crippen LogP contribution < -0.4 is 14.5 Å². The molecule has 2 aliphatic heterocycles. The van der Waals surface area contributed by atoms with Gasteiger partial charge in [-0.1, -0.05) is 6.07 Å². The van der Waals surface area contributed by atoms with Crippen LogP contribution >= 0.6 is 11.3 Å². The molecule has 0 bridgehead atoms. The standard InChI is InChI=1S/C23H31N3O3S/c1-28-20-8-6-19(7-9-20)25-10-12-26(13-11-25)23(27)18-24(16-21-4-2-14-29-21)17-22-5-3-15-30-22/h3,5-9,15,21H,2,4,10-14,16-18H2,1H3/p+1/t21-/m0/s1. The molecule has 2 fully saturated rings. The van der Waals surface area contributed by atoms with Gasteiger partial charge >= 0.3 is 0 Å². The summed E-state index contributed by atoms with van der Waals surface area (Å²) in [6.07, 6.45) is 2.54. The van der Waals surface area contributed by atoms with Crippen molar-refractivity contribution in [2.75, 3.05) is 57.9 Å². The first-order chi connectivity index (χ1) is 14.7. The average Bonchev–Trinajstić information content (AvgIpc) is 3.48. The molecular formula is C23H32N3O3S+. The average molecular weight is 431 g/mol. The summed E-state index contributed by atoms with van der Waals surface area (Å²) in [7, 11) is 1.68. The van der Waals surface area contributed by atoms with Crippen molar-refractivity contribution in [1.29, 1.82) is 0 Å². The Labute approximate surface area is 183 Å². The summed E-state index contributed by atoms with van der Waals surface area (Å²) in [6, 6.07) is 12.4. The summed E-state index contributed by atoms with van der Waals surface area (Å²) in [4.78, 5) is 20.1. The highest BCUT2D eigenvalue weighted by Gasteiger charge is 2.28. The van der Waals surface area contributed by atoms with Gasteiger partial charge in [-0.15, -0.1) is 11.3 Å². The van der Waals surface area contributed by atoms with Crippen LogP contribution in [0.3, 0.4) is 0 Å². The number of hydrogen-bond acceptors (Lipinski definition) is 5. The van der Waals surface area contributed by atoms with Gasteiger partial charge in [-0.05, 0) is 48.6 Å². The van der Waals surface area contributed by atoms with Gasteiger partial charge in [-0.2, -0.15) is 0 Å². The molecule has 0 spiro atoms. The Morgan fingerprint density at radius 2 is 2.00 bits per heavy atom. The number of hydrogen-bond donors (Lipinski definition) is 1. The van der Waals surface area contributed by atoms with E-state index in [-0.39, 0.29) is 5.91 Å². The largest absolute Gasteiger partial charge is 0.497 e. The van der Waals surface area contributed by atoms with E-state index in [2.05, 4.69) is 34.5 Å². The molecule has 7 heteroatoms. The van der Waals surface area contributed by atoms with Gasteiger partial charge < -0.3 is 24.2 Å². The number of anilines is 1. The number of rotatable bonds is 8. The van der Waals surface area contributed by atoms with E-state index in [1.54, 1.807) is 18.4 Å². The third kappa shape index (κ3) is 5.53. The number of piperazine rings is 1. The first-order valence-electron chi connectivity index (χ1n) is 10.9. The Balaban J connectivity index is 1.31. The molecule has 3 heterocycles. The Morgan fingerprint density at radius 3 is 2.63 bits per heavy atom. The van der Waals surface area contributed by atoms with Gasteiger partial charge in [-0.3, -0.25) is 4.79 Å². The van der Waals surface area contributed by atoms with Crippen LogP contribution in [0.1, 0.15) is 17.7 Å². The van der Waals surface area contributed by atoms with Crippen molar-refractivity contribution in [2.45, 2.75) is 25.5 Å². The van der Waals surface area contributed by atoms with E-state index in [1.807, 2.05) is 17.0 Å². The minimum atomic E-state index is 0.258. The molecule has 2 aromatic rings. The Bertz CT molecular complexity index is 783. The van der Waals surface area contributed by atoms with Crippen LogP contribution in [0.4, 0.5) is 5.69 Å². The number of methoxy groups -OCH3 is 1. The van der Waals surface area contributed by atoms with Crippen LogP contribution in [0.25, 0.3) is 0 Å². The van der Waals surface area contributed by atoms with E-state index in [0.29, 0.717) is 12.6 Å². The fraction of sp³-hybridized carbons (Fsp3) is 0.522. The second-order valence-corrected chi connectivity index (χ2v) is 9.12. The van der Waals surface area contributed by atoms with E-state index < -0.39 is 0 Å². The highest BCUT2D eigenvalue weighted by molar-refractivity contribution is 7.09. The van der Waals surface area contributed by atoms with Crippen molar-refractivity contribution < 1.29 is 19.2 Å². The van der Waals surface area contributed by atoms with Gasteiger partial charge in [0.05, 0.1) is 12.0 Å². The summed E-state index contributed by atoms with van der Waals surface area (Å²) in [5.74, 6) is 1.13. The van der Waals surface area contributed by atoms with Gasteiger partial charge in [-0.25, -0.2) is 0 Å². The number of thiophene rings is 1. The maximum atomic E-state index is 13.1. The first kappa shape index (κ1) is 21.2. The summed E-state index contributed by atoms with van der Waals surface area (Å²) in [6.45, 7) is 6.49. The SMILES string of the molecule is COc1ccc(N2CCN(C(=O)C[NH+](Cc3cccs3)C[C@@H]3CCCO3)CC2)cc1. The molecule has 162 valence electrons. The van der Waals surface area contributed by atoms with E-state index in [9.17, 15) is 4.79 Å². The molecule has 30 heavy (non-hydrogen) atoms. The smallest absolute Gasteiger partial charge is 0.277 e. The number of nitrogens with zero attached hydrogens (tertiary/aromatic N) is 2. The topological polar surface area (TPSA) is 46.5 Å². The molecule has 1 aromatic carbocycles. The molecule has 1 N–H and O–H groups in total. The van der Waals surface area contributed by atoms with Gasteiger partial charge in [0.25, 0.3) is 5.91 Å². The van der Waals surface area contributed by atoms with E-state index >= 15 is 0 Å². The molecule has 1 aromatic heterocycles. The van der Waals surface area contributed by atoms with Crippen LogP contribution in [-0.4, -0.2) is 69.9 Å². The molecular weight excluding hydrogens is 398 g/mol. The molecule has 2 atom stereocenters. The van der Waals surface area contributed by atoms with E-state index in [4.69, 9.17) is 9.47 Å².